The first-order chi connectivity index (χ1) is 12.5. The fourth-order valence-electron chi connectivity index (χ4n) is 3.47. The molecule has 3 rings (SSSR count). The van der Waals surface area contributed by atoms with Crippen LogP contribution in [0.5, 0.6) is 0 Å². The van der Waals surface area contributed by atoms with Gasteiger partial charge in [0.2, 0.25) is 15.9 Å². The van der Waals surface area contributed by atoms with Gasteiger partial charge in [-0.05, 0) is 44.0 Å². The van der Waals surface area contributed by atoms with E-state index in [1.807, 2.05) is 0 Å². The Bertz CT molecular complexity index is 714. The number of piperazine rings is 1. The van der Waals surface area contributed by atoms with Crippen molar-refractivity contribution in [2.75, 3.05) is 44.6 Å². The van der Waals surface area contributed by atoms with Crippen LogP contribution in [-0.2, 0) is 14.8 Å². The number of hydrogen-bond acceptors (Lipinski definition) is 5. The molecule has 2 heterocycles. The Balaban J connectivity index is 1.59. The van der Waals surface area contributed by atoms with Gasteiger partial charge in [0.05, 0.1) is 11.4 Å². The van der Waals surface area contributed by atoms with E-state index in [9.17, 15) is 13.2 Å². The molecule has 0 radical (unpaired) electrons. The second-order valence-corrected chi connectivity index (χ2v) is 9.00. The topological polar surface area (TPSA) is 81.8 Å². The normalized spacial score (nSPS) is 22.9. The van der Waals surface area contributed by atoms with E-state index < -0.39 is 10.0 Å². The Hall–Kier alpha value is -1.48. The fraction of sp³-hybridized carbons (Fsp3) is 0.611. The van der Waals surface area contributed by atoms with Crippen molar-refractivity contribution in [3.05, 3.63) is 24.3 Å². The summed E-state index contributed by atoms with van der Waals surface area (Å²) in [6.45, 7) is 6.24. The minimum atomic E-state index is -3.43. The number of amides is 1. The molecule has 1 amide bonds. The molecule has 2 fully saturated rings. The molecule has 2 aliphatic rings. The van der Waals surface area contributed by atoms with Crippen molar-refractivity contribution in [3.8, 4) is 0 Å². The Morgan fingerprint density at radius 3 is 2.50 bits per heavy atom. The summed E-state index contributed by atoms with van der Waals surface area (Å²) in [5.74, 6) is -0.0783. The minimum Gasteiger partial charge on any atom is -0.325 e. The molecule has 0 saturated carbocycles. The third-order valence-electron chi connectivity index (χ3n) is 5.08. The molecule has 7 nitrogen and oxygen atoms in total. The van der Waals surface area contributed by atoms with E-state index in [-0.39, 0.29) is 10.8 Å². The molecule has 26 heavy (non-hydrogen) atoms. The summed E-state index contributed by atoms with van der Waals surface area (Å²) in [5.41, 5.74) is 0.621. The number of rotatable bonds is 5. The lowest BCUT2D eigenvalue weighted by atomic mass is 10.2. The first-order valence-electron chi connectivity index (χ1n) is 9.31. The fourth-order valence-corrected chi connectivity index (χ4v) is 4.98. The van der Waals surface area contributed by atoms with Gasteiger partial charge in [-0.25, -0.2) is 8.42 Å². The van der Waals surface area contributed by atoms with Crippen LogP contribution in [0.1, 0.15) is 26.2 Å². The van der Waals surface area contributed by atoms with Crippen LogP contribution in [0, 0.1) is 0 Å². The van der Waals surface area contributed by atoms with Crippen LogP contribution in [-0.4, -0.2) is 68.8 Å². The van der Waals surface area contributed by atoms with Crippen molar-refractivity contribution in [2.24, 2.45) is 0 Å². The minimum absolute atomic E-state index is 0.0783. The summed E-state index contributed by atoms with van der Waals surface area (Å²) in [4.78, 5) is 14.7. The molecule has 0 aliphatic carbocycles. The molecule has 0 spiro atoms. The highest BCUT2D eigenvalue weighted by molar-refractivity contribution is 7.89. The summed E-state index contributed by atoms with van der Waals surface area (Å²) in [6, 6.07) is 6.80. The van der Waals surface area contributed by atoms with E-state index in [1.54, 1.807) is 28.6 Å². The summed E-state index contributed by atoms with van der Waals surface area (Å²) in [6.07, 6.45) is 2.91. The molecule has 2 aliphatic heterocycles. The van der Waals surface area contributed by atoms with Gasteiger partial charge in [-0.2, -0.15) is 4.31 Å². The second-order valence-electron chi connectivity index (χ2n) is 7.06. The van der Waals surface area contributed by atoms with Crippen molar-refractivity contribution < 1.29 is 13.2 Å². The second kappa shape index (κ2) is 8.47. The number of hydrogen-bond donors (Lipinski definition) is 2. The molecule has 1 atom stereocenters. The van der Waals surface area contributed by atoms with Crippen LogP contribution in [0.4, 0.5) is 5.69 Å². The van der Waals surface area contributed by atoms with E-state index in [0.29, 0.717) is 31.4 Å². The first kappa shape index (κ1) is 19.3. The maximum atomic E-state index is 12.6. The zero-order valence-electron chi connectivity index (χ0n) is 15.3. The zero-order valence-corrected chi connectivity index (χ0v) is 16.1. The van der Waals surface area contributed by atoms with E-state index in [1.165, 1.54) is 0 Å². The first-order valence-corrected chi connectivity index (χ1v) is 10.8. The van der Waals surface area contributed by atoms with Crippen LogP contribution in [0.15, 0.2) is 29.2 Å². The molecule has 0 unspecified atom stereocenters. The smallest absolute Gasteiger partial charge is 0.243 e. The number of piperidine rings is 1. The molecule has 2 N–H and O–H groups in total. The highest BCUT2D eigenvalue weighted by atomic mass is 32.2. The third-order valence-corrected chi connectivity index (χ3v) is 6.99. The van der Waals surface area contributed by atoms with Crippen molar-refractivity contribution in [3.63, 3.8) is 0 Å². The average molecular weight is 381 g/mol. The van der Waals surface area contributed by atoms with Crippen molar-refractivity contribution >= 4 is 21.6 Å². The van der Waals surface area contributed by atoms with E-state index >= 15 is 0 Å². The lowest BCUT2D eigenvalue weighted by molar-refractivity contribution is -0.118. The van der Waals surface area contributed by atoms with E-state index in [2.05, 4.69) is 22.5 Å². The summed E-state index contributed by atoms with van der Waals surface area (Å²) in [7, 11) is -3.43. The Morgan fingerprint density at radius 2 is 1.85 bits per heavy atom. The number of anilines is 1. The Morgan fingerprint density at radius 1 is 1.15 bits per heavy atom. The van der Waals surface area contributed by atoms with Crippen LogP contribution in [0.3, 0.4) is 0 Å². The number of nitrogens with zero attached hydrogens (tertiary/aromatic N) is 2. The number of carbonyl (C=O) groups excluding carboxylic acids is 1. The Labute approximate surface area is 155 Å². The maximum absolute atomic E-state index is 12.6. The molecular weight excluding hydrogens is 352 g/mol. The maximum Gasteiger partial charge on any atom is 0.243 e. The molecule has 8 heteroatoms. The SMILES string of the molecule is C[C@H]1CNCCN1CC(=O)Nc1ccc(S(=O)(=O)N2CCCCC2)cc1. The van der Waals surface area contributed by atoms with Crippen molar-refractivity contribution in [1.29, 1.82) is 0 Å². The number of sulfonamides is 1. The van der Waals surface area contributed by atoms with Gasteiger partial charge in [-0.1, -0.05) is 6.42 Å². The lowest BCUT2D eigenvalue weighted by Gasteiger charge is -2.33. The van der Waals surface area contributed by atoms with Crippen molar-refractivity contribution in [1.82, 2.24) is 14.5 Å². The number of nitrogens with one attached hydrogen (secondary N) is 2. The van der Waals surface area contributed by atoms with Crippen LogP contribution in [0.2, 0.25) is 0 Å². The van der Waals surface area contributed by atoms with Crippen molar-refractivity contribution in [2.45, 2.75) is 37.1 Å². The quantitative estimate of drug-likeness (QED) is 0.799. The summed E-state index contributed by atoms with van der Waals surface area (Å²) in [5, 5.41) is 6.16. The van der Waals surface area contributed by atoms with Gasteiger partial charge in [-0.3, -0.25) is 9.69 Å². The average Bonchev–Trinajstić information content (AvgIpc) is 2.65. The van der Waals surface area contributed by atoms with Gasteiger partial charge in [0.15, 0.2) is 0 Å². The summed E-state index contributed by atoms with van der Waals surface area (Å²) >= 11 is 0. The van der Waals surface area contributed by atoms with Gasteiger partial charge >= 0.3 is 0 Å². The van der Waals surface area contributed by atoms with Gasteiger partial charge < -0.3 is 10.6 Å². The van der Waals surface area contributed by atoms with E-state index in [0.717, 1.165) is 38.9 Å². The van der Waals surface area contributed by atoms with Gasteiger partial charge in [0, 0.05) is 44.5 Å². The monoisotopic (exact) mass is 380 g/mol. The van der Waals surface area contributed by atoms with Gasteiger partial charge in [0.1, 0.15) is 0 Å². The van der Waals surface area contributed by atoms with Gasteiger partial charge in [-0.15, -0.1) is 0 Å². The largest absolute Gasteiger partial charge is 0.325 e. The Kier molecular flexibility index (Phi) is 6.29. The van der Waals surface area contributed by atoms with E-state index in [4.69, 9.17) is 0 Å². The number of benzene rings is 1. The zero-order chi connectivity index (χ0) is 18.6. The molecule has 0 aromatic heterocycles. The predicted octanol–water partition coefficient (Wildman–Crippen LogP) is 1.09. The van der Waals surface area contributed by atoms with Crippen LogP contribution in [0.25, 0.3) is 0 Å². The predicted molar refractivity (Wildman–Crippen MR) is 102 cm³/mol. The number of carbonyl (C=O) groups is 1. The molecular formula is C18H28N4O3S. The van der Waals surface area contributed by atoms with Crippen LogP contribution < -0.4 is 10.6 Å². The molecule has 144 valence electrons. The molecule has 0 bridgehead atoms. The summed E-state index contributed by atoms with van der Waals surface area (Å²) < 4.78 is 26.8. The standard InChI is InChI=1S/C18H28N4O3S/c1-15-13-19-9-12-21(15)14-18(23)20-16-5-7-17(8-6-16)26(24,25)22-10-3-2-4-11-22/h5-8,15,19H,2-4,9-14H2,1H3,(H,20,23)/t15-/m0/s1. The van der Waals surface area contributed by atoms with Gasteiger partial charge in [0.25, 0.3) is 0 Å². The lowest BCUT2D eigenvalue weighted by Crippen LogP contribution is -2.51. The highest BCUT2D eigenvalue weighted by Crippen LogP contribution is 2.22. The molecule has 1 aromatic rings. The third kappa shape index (κ3) is 4.62. The highest BCUT2D eigenvalue weighted by Gasteiger charge is 2.26. The molecule has 1 aromatic carbocycles. The van der Waals surface area contributed by atoms with Crippen LogP contribution >= 0.6 is 0 Å². The molecule has 2 saturated heterocycles.